The van der Waals surface area contributed by atoms with Gasteiger partial charge in [-0.15, -0.1) is 0 Å². The van der Waals surface area contributed by atoms with Crippen molar-refractivity contribution in [1.29, 1.82) is 0 Å². The minimum absolute atomic E-state index is 0.0889. The third-order valence-electron chi connectivity index (χ3n) is 3.62. The number of rotatable bonds is 7. The topological polar surface area (TPSA) is 30.5 Å². The summed E-state index contributed by atoms with van der Waals surface area (Å²) in [6.07, 6.45) is 0.967. The van der Waals surface area contributed by atoms with Gasteiger partial charge < -0.3 is 14.8 Å². The van der Waals surface area contributed by atoms with Gasteiger partial charge in [-0.2, -0.15) is 0 Å². The van der Waals surface area contributed by atoms with Crippen molar-refractivity contribution in [3.63, 3.8) is 0 Å². The Labute approximate surface area is 126 Å². The lowest BCUT2D eigenvalue weighted by Gasteiger charge is -2.20. The first-order chi connectivity index (χ1) is 10.3. The molecule has 0 aliphatic heterocycles. The second-order valence-electron chi connectivity index (χ2n) is 4.86. The summed E-state index contributed by atoms with van der Waals surface area (Å²) in [7, 11) is 3.63. The van der Waals surface area contributed by atoms with Gasteiger partial charge in [-0.1, -0.05) is 43.3 Å². The maximum Gasteiger partial charge on any atom is 0.123 e. The van der Waals surface area contributed by atoms with E-state index in [2.05, 4.69) is 24.4 Å². The summed E-state index contributed by atoms with van der Waals surface area (Å²) in [6.45, 7) is 2.70. The SMILES string of the molecule is CCc1ccccc1OCC(NC)c1ccccc1OC. The van der Waals surface area contributed by atoms with Crippen LogP contribution >= 0.6 is 0 Å². The fraction of sp³-hybridized carbons (Fsp3) is 0.333. The molecule has 0 saturated carbocycles. The molecule has 1 unspecified atom stereocenters. The summed E-state index contributed by atoms with van der Waals surface area (Å²) in [5, 5.41) is 3.30. The number of benzene rings is 2. The standard InChI is InChI=1S/C18H23NO2/c1-4-14-9-5-7-11-17(14)21-13-16(19-2)15-10-6-8-12-18(15)20-3/h5-12,16,19H,4,13H2,1-3H3. The Morgan fingerprint density at radius 3 is 2.33 bits per heavy atom. The summed E-state index contributed by atoms with van der Waals surface area (Å²) in [5.74, 6) is 1.83. The van der Waals surface area contributed by atoms with Gasteiger partial charge in [0.2, 0.25) is 0 Å². The largest absolute Gasteiger partial charge is 0.496 e. The number of para-hydroxylation sites is 2. The van der Waals surface area contributed by atoms with E-state index in [1.54, 1.807) is 7.11 Å². The molecule has 2 aromatic carbocycles. The van der Waals surface area contributed by atoms with E-state index in [1.165, 1.54) is 5.56 Å². The summed E-state index contributed by atoms with van der Waals surface area (Å²) >= 11 is 0. The Hall–Kier alpha value is -2.00. The van der Waals surface area contributed by atoms with Crippen LogP contribution in [0.15, 0.2) is 48.5 Å². The van der Waals surface area contributed by atoms with E-state index >= 15 is 0 Å². The molecule has 2 aromatic rings. The van der Waals surface area contributed by atoms with Crippen molar-refractivity contribution in [3.05, 3.63) is 59.7 Å². The Morgan fingerprint density at radius 1 is 1.00 bits per heavy atom. The molecule has 1 N–H and O–H groups in total. The van der Waals surface area contributed by atoms with Crippen LogP contribution in [0.4, 0.5) is 0 Å². The third-order valence-corrected chi connectivity index (χ3v) is 3.62. The van der Waals surface area contributed by atoms with Crippen molar-refractivity contribution in [3.8, 4) is 11.5 Å². The normalized spacial score (nSPS) is 12.0. The highest BCUT2D eigenvalue weighted by Gasteiger charge is 2.15. The number of likely N-dealkylation sites (N-methyl/N-ethyl adjacent to an activating group) is 1. The molecule has 3 heteroatoms. The van der Waals surface area contributed by atoms with Crippen LogP contribution in [0.1, 0.15) is 24.1 Å². The van der Waals surface area contributed by atoms with Gasteiger partial charge in [0.15, 0.2) is 0 Å². The van der Waals surface area contributed by atoms with Gasteiger partial charge in [-0.3, -0.25) is 0 Å². The van der Waals surface area contributed by atoms with Crippen LogP contribution in [-0.4, -0.2) is 20.8 Å². The predicted octanol–water partition coefficient (Wildman–Crippen LogP) is 3.60. The molecule has 2 rings (SSSR count). The number of ether oxygens (including phenoxy) is 2. The van der Waals surface area contributed by atoms with E-state index in [4.69, 9.17) is 9.47 Å². The Kier molecular flexibility index (Phi) is 5.64. The van der Waals surface area contributed by atoms with E-state index < -0.39 is 0 Å². The van der Waals surface area contributed by atoms with Crippen LogP contribution < -0.4 is 14.8 Å². The average Bonchev–Trinajstić information content (AvgIpc) is 2.56. The quantitative estimate of drug-likeness (QED) is 0.843. The predicted molar refractivity (Wildman–Crippen MR) is 86.1 cm³/mol. The molecule has 0 aliphatic carbocycles. The first-order valence-electron chi connectivity index (χ1n) is 7.31. The number of aryl methyl sites for hydroxylation is 1. The smallest absolute Gasteiger partial charge is 0.123 e. The molecule has 0 saturated heterocycles. The molecular weight excluding hydrogens is 262 g/mol. The van der Waals surface area contributed by atoms with Crippen molar-refractivity contribution in [2.75, 3.05) is 20.8 Å². The molecule has 21 heavy (non-hydrogen) atoms. The van der Waals surface area contributed by atoms with Crippen molar-refractivity contribution in [2.45, 2.75) is 19.4 Å². The van der Waals surface area contributed by atoms with Crippen LogP contribution in [0.25, 0.3) is 0 Å². The first kappa shape index (κ1) is 15.4. The molecule has 0 radical (unpaired) electrons. The van der Waals surface area contributed by atoms with Gasteiger partial charge in [0.25, 0.3) is 0 Å². The van der Waals surface area contributed by atoms with E-state index in [-0.39, 0.29) is 6.04 Å². The number of hydrogen-bond donors (Lipinski definition) is 1. The highest BCUT2D eigenvalue weighted by molar-refractivity contribution is 5.37. The Morgan fingerprint density at radius 2 is 1.67 bits per heavy atom. The van der Waals surface area contributed by atoms with Crippen LogP contribution in [0.3, 0.4) is 0 Å². The van der Waals surface area contributed by atoms with E-state index in [0.717, 1.165) is 23.5 Å². The van der Waals surface area contributed by atoms with Crippen LogP contribution in [0.5, 0.6) is 11.5 Å². The Balaban J connectivity index is 2.12. The molecule has 3 nitrogen and oxygen atoms in total. The lowest BCUT2D eigenvalue weighted by atomic mass is 10.1. The number of nitrogens with one attached hydrogen (secondary N) is 1. The van der Waals surface area contributed by atoms with E-state index in [1.807, 2.05) is 43.4 Å². The van der Waals surface area contributed by atoms with Crippen molar-refractivity contribution in [2.24, 2.45) is 0 Å². The molecule has 0 spiro atoms. The molecule has 0 fully saturated rings. The fourth-order valence-electron chi connectivity index (χ4n) is 2.39. The van der Waals surface area contributed by atoms with E-state index in [9.17, 15) is 0 Å². The summed E-state index contributed by atoms with van der Waals surface area (Å²) in [6, 6.07) is 16.3. The maximum atomic E-state index is 6.02. The molecular formula is C18H23NO2. The van der Waals surface area contributed by atoms with Gasteiger partial charge in [0.05, 0.1) is 13.2 Å². The molecule has 0 bridgehead atoms. The van der Waals surface area contributed by atoms with Crippen LogP contribution in [0, 0.1) is 0 Å². The molecule has 112 valence electrons. The molecule has 0 heterocycles. The zero-order chi connectivity index (χ0) is 15.1. The lowest BCUT2D eigenvalue weighted by Crippen LogP contribution is -2.24. The van der Waals surface area contributed by atoms with Gasteiger partial charge in [-0.05, 0) is 31.2 Å². The minimum Gasteiger partial charge on any atom is -0.496 e. The zero-order valence-corrected chi connectivity index (χ0v) is 12.9. The Bertz CT molecular complexity index is 569. The number of methoxy groups -OCH3 is 1. The second-order valence-corrected chi connectivity index (χ2v) is 4.86. The van der Waals surface area contributed by atoms with Gasteiger partial charge >= 0.3 is 0 Å². The molecule has 0 amide bonds. The van der Waals surface area contributed by atoms with Crippen molar-refractivity contribution in [1.82, 2.24) is 5.32 Å². The highest BCUT2D eigenvalue weighted by Crippen LogP contribution is 2.26. The summed E-state index contributed by atoms with van der Waals surface area (Å²) in [4.78, 5) is 0. The second kappa shape index (κ2) is 7.70. The molecule has 1 atom stereocenters. The number of hydrogen-bond acceptors (Lipinski definition) is 3. The van der Waals surface area contributed by atoms with Crippen LogP contribution in [0.2, 0.25) is 0 Å². The summed E-state index contributed by atoms with van der Waals surface area (Å²) in [5.41, 5.74) is 2.34. The molecule has 0 aromatic heterocycles. The third kappa shape index (κ3) is 3.76. The average molecular weight is 285 g/mol. The van der Waals surface area contributed by atoms with Crippen molar-refractivity contribution < 1.29 is 9.47 Å². The maximum absolute atomic E-state index is 6.02. The lowest BCUT2D eigenvalue weighted by molar-refractivity contribution is 0.267. The van der Waals surface area contributed by atoms with Crippen molar-refractivity contribution >= 4 is 0 Å². The van der Waals surface area contributed by atoms with E-state index in [0.29, 0.717) is 6.61 Å². The zero-order valence-electron chi connectivity index (χ0n) is 12.9. The molecule has 0 aliphatic rings. The summed E-state index contributed by atoms with van der Waals surface area (Å²) < 4.78 is 11.4. The monoisotopic (exact) mass is 285 g/mol. The van der Waals surface area contributed by atoms with Crippen LogP contribution in [-0.2, 0) is 6.42 Å². The van der Waals surface area contributed by atoms with Gasteiger partial charge in [-0.25, -0.2) is 0 Å². The fourth-order valence-corrected chi connectivity index (χ4v) is 2.39. The first-order valence-corrected chi connectivity index (χ1v) is 7.31. The van der Waals surface area contributed by atoms with Gasteiger partial charge in [0, 0.05) is 5.56 Å². The van der Waals surface area contributed by atoms with Gasteiger partial charge in [0.1, 0.15) is 18.1 Å². The highest BCUT2D eigenvalue weighted by atomic mass is 16.5. The minimum atomic E-state index is 0.0889.